The van der Waals surface area contributed by atoms with E-state index in [9.17, 15) is 0 Å². The van der Waals surface area contributed by atoms with E-state index in [1.165, 1.54) is 6.08 Å². The Kier molecular flexibility index (Phi) is 5.02. The van der Waals surface area contributed by atoms with Gasteiger partial charge in [-0.2, -0.15) is 10.2 Å². The lowest BCUT2D eigenvalue weighted by molar-refractivity contribution is 0.331. The summed E-state index contributed by atoms with van der Waals surface area (Å²) in [5, 5.41) is 26.0. The lowest BCUT2D eigenvalue weighted by Gasteiger charge is -2.01. The normalized spacial score (nSPS) is 11.8. The molecule has 0 aliphatic heterocycles. The van der Waals surface area contributed by atoms with Crippen LogP contribution in [0.2, 0.25) is 0 Å². The number of hydrogen-bond acceptors (Lipinski definition) is 4. The maximum atomic E-state index is 9.10. The van der Waals surface area contributed by atoms with Crippen molar-refractivity contribution in [1.82, 2.24) is 0 Å². The van der Waals surface area contributed by atoms with E-state index >= 15 is 0 Å². The van der Waals surface area contributed by atoms with Gasteiger partial charge in [-0.3, -0.25) is 0 Å². The quantitative estimate of drug-likeness (QED) is 0.472. The number of aryl methyl sites for hydroxylation is 1. The van der Waals surface area contributed by atoms with Gasteiger partial charge >= 0.3 is 0 Å². The molecule has 4 nitrogen and oxygen atoms in total. The predicted molar refractivity (Wildman–Crippen MR) is 71.8 cm³/mol. The lowest BCUT2D eigenvalue weighted by atomic mass is 10.2. The maximum Gasteiger partial charge on any atom is 0.108 e. The molecule has 0 heterocycles. The first-order chi connectivity index (χ1) is 8.52. The molecule has 0 fully saturated rings. The molecule has 18 heavy (non-hydrogen) atoms. The number of azo groups is 1. The largest absolute Gasteiger partial charge is 0.509 e. The summed E-state index contributed by atoms with van der Waals surface area (Å²) >= 11 is 0. The van der Waals surface area contributed by atoms with Crippen LogP contribution in [0, 0.1) is 6.92 Å². The summed E-state index contributed by atoms with van der Waals surface area (Å²) in [4.78, 5) is 0. The third-order valence-corrected chi connectivity index (χ3v) is 2.20. The number of aliphatic hydroxyl groups excluding tert-OH is 2. The minimum atomic E-state index is -0.286. The highest BCUT2D eigenvalue weighted by atomic mass is 16.3. The molecular weight excluding hydrogens is 228 g/mol. The highest BCUT2D eigenvalue weighted by molar-refractivity contribution is 5.39. The molecule has 0 atom stereocenters. The van der Waals surface area contributed by atoms with Crippen LogP contribution >= 0.6 is 0 Å². The van der Waals surface area contributed by atoms with Gasteiger partial charge in [0.15, 0.2) is 0 Å². The zero-order valence-corrected chi connectivity index (χ0v) is 10.3. The second-order valence-electron chi connectivity index (χ2n) is 3.80. The Morgan fingerprint density at radius 1 is 1.28 bits per heavy atom. The maximum absolute atomic E-state index is 9.10. The average Bonchev–Trinajstić information content (AvgIpc) is 2.34. The van der Waals surface area contributed by atoms with E-state index in [0.717, 1.165) is 5.56 Å². The monoisotopic (exact) mass is 244 g/mol. The van der Waals surface area contributed by atoms with Crippen molar-refractivity contribution >= 4 is 5.69 Å². The zero-order chi connectivity index (χ0) is 13.5. The summed E-state index contributed by atoms with van der Waals surface area (Å²) in [5.74, 6) is -0.161. The Morgan fingerprint density at radius 2 is 1.89 bits per heavy atom. The fraction of sp³-hybridized carbons (Fsp3) is 0.143. The Bertz CT molecular complexity index is 499. The van der Waals surface area contributed by atoms with Gasteiger partial charge in [0.2, 0.25) is 0 Å². The first kappa shape index (κ1) is 13.9. The van der Waals surface area contributed by atoms with Crippen molar-refractivity contribution in [3.63, 3.8) is 0 Å². The molecule has 0 aromatic heterocycles. The Labute approximate surface area is 106 Å². The van der Waals surface area contributed by atoms with Crippen LogP contribution in [0.4, 0.5) is 5.69 Å². The summed E-state index contributed by atoms with van der Waals surface area (Å²) in [6.45, 7) is 8.68. The third kappa shape index (κ3) is 4.35. The lowest BCUT2D eigenvalue weighted by Crippen LogP contribution is -1.92. The first-order valence-electron chi connectivity index (χ1n) is 5.40. The van der Waals surface area contributed by atoms with Crippen molar-refractivity contribution in [2.45, 2.75) is 6.92 Å². The third-order valence-electron chi connectivity index (χ3n) is 2.20. The van der Waals surface area contributed by atoms with Crippen LogP contribution in [-0.2, 0) is 0 Å². The number of aliphatic hydroxyl groups is 2. The summed E-state index contributed by atoms with van der Waals surface area (Å²) < 4.78 is 0. The molecule has 0 aliphatic rings. The highest BCUT2D eigenvalue weighted by Crippen LogP contribution is 2.17. The van der Waals surface area contributed by atoms with E-state index < -0.39 is 0 Å². The Hall–Kier alpha value is -2.20. The topological polar surface area (TPSA) is 65.2 Å². The van der Waals surface area contributed by atoms with Gasteiger partial charge in [0, 0.05) is 5.57 Å². The van der Waals surface area contributed by atoms with Crippen LogP contribution in [0.15, 0.2) is 70.8 Å². The van der Waals surface area contributed by atoms with Gasteiger partial charge in [-0.1, -0.05) is 30.9 Å². The molecule has 1 aromatic carbocycles. The molecule has 0 bridgehead atoms. The van der Waals surface area contributed by atoms with E-state index in [1.54, 1.807) is 0 Å². The van der Waals surface area contributed by atoms with Crippen LogP contribution in [0.3, 0.4) is 0 Å². The number of rotatable bonds is 5. The molecule has 0 spiro atoms. The molecule has 4 heteroatoms. The van der Waals surface area contributed by atoms with Crippen molar-refractivity contribution in [2.24, 2.45) is 10.2 Å². The molecule has 1 rings (SSSR count). The van der Waals surface area contributed by atoms with E-state index in [0.29, 0.717) is 11.3 Å². The van der Waals surface area contributed by atoms with Gasteiger partial charge in [-0.05, 0) is 25.1 Å². The Balaban J connectivity index is 2.80. The van der Waals surface area contributed by atoms with Gasteiger partial charge in [0.1, 0.15) is 5.76 Å². The minimum Gasteiger partial charge on any atom is -0.509 e. The average molecular weight is 244 g/mol. The van der Waals surface area contributed by atoms with Gasteiger partial charge in [-0.25, -0.2) is 0 Å². The molecule has 0 unspecified atom stereocenters. The van der Waals surface area contributed by atoms with Crippen LogP contribution in [0.5, 0.6) is 0 Å². The second kappa shape index (κ2) is 6.51. The van der Waals surface area contributed by atoms with Gasteiger partial charge < -0.3 is 10.2 Å². The van der Waals surface area contributed by atoms with Crippen molar-refractivity contribution < 1.29 is 10.2 Å². The van der Waals surface area contributed by atoms with E-state index in [2.05, 4.69) is 23.4 Å². The van der Waals surface area contributed by atoms with Gasteiger partial charge in [0.25, 0.3) is 0 Å². The molecule has 1 aromatic rings. The minimum absolute atomic E-state index is 0.161. The smallest absolute Gasteiger partial charge is 0.108 e. The van der Waals surface area contributed by atoms with Crippen LogP contribution in [0.25, 0.3) is 0 Å². The molecule has 0 amide bonds. The van der Waals surface area contributed by atoms with E-state index in [-0.39, 0.29) is 18.1 Å². The van der Waals surface area contributed by atoms with Crippen molar-refractivity contribution in [2.75, 3.05) is 6.61 Å². The molecule has 0 radical (unpaired) electrons. The Morgan fingerprint density at radius 3 is 2.39 bits per heavy atom. The number of allylic oxidation sites excluding steroid dienone is 1. The van der Waals surface area contributed by atoms with Crippen molar-refractivity contribution in [3.8, 4) is 0 Å². The predicted octanol–water partition coefficient (Wildman–Crippen LogP) is 3.58. The fourth-order valence-corrected chi connectivity index (χ4v) is 1.22. The summed E-state index contributed by atoms with van der Waals surface area (Å²) in [5.41, 5.74) is 2.49. The van der Waals surface area contributed by atoms with Crippen LogP contribution < -0.4 is 0 Å². The summed E-state index contributed by atoms with van der Waals surface area (Å²) in [6, 6.07) is 7.52. The van der Waals surface area contributed by atoms with Gasteiger partial charge in [-0.15, -0.1) is 0 Å². The summed E-state index contributed by atoms with van der Waals surface area (Å²) in [6.07, 6.45) is 1.30. The van der Waals surface area contributed by atoms with Crippen molar-refractivity contribution in [3.05, 3.63) is 66.1 Å². The number of nitrogens with zero attached hydrogens (tertiary/aromatic N) is 2. The highest BCUT2D eigenvalue weighted by Gasteiger charge is 2.01. The van der Waals surface area contributed by atoms with E-state index in [1.807, 2.05) is 31.2 Å². The second-order valence-corrected chi connectivity index (χ2v) is 3.80. The molecule has 0 saturated carbocycles. The molecule has 94 valence electrons. The molecule has 2 N–H and O–H groups in total. The molecule has 0 saturated heterocycles. The number of hydrogen-bond donors (Lipinski definition) is 2. The van der Waals surface area contributed by atoms with Crippen molar-refractivity contribution in [1.29, 1.82) is 0 Å². The standard InChI is InChI=1S/C14H16N2O2/c1-10-4-6-14(7-5-10)16-15-12(3)13(9-17)8-11(2)18/h4-8,17-18H,2-3,9H2,1H3/b13-8-,16-15?. The van der Waals surface area contributed by atoms with Crippen LogP contribution in [0.1, 0.15) is 5.56 Å². The zero-order valence-electron chi connectivity index (χ0n) is 10.3. The molecular formula is C14H16N2O2. The van der Waals surface area contributed by atoms with Crippen LogP contribution in [-0.4, -0.2) is 16.8 Å². The summed E-state index contributed by atoms with van der Waals surface area (Å²) in [7, 11) is 0. The van der Waals surface area contributed by atoms with E-state index in [4.69, 9.17) is 10.2 Å². The van der Waals surface area contributed by atoms with Gasteiger partial charge in [0.05, 0.1) is 18.0 Å². The first-order valence-corrected chi connectivity index (χ1v) is 5.40. The number of benzene rings is 1. The fourth-order valence-electron chi connectivity index (χ4n) is 1.22. The SMILES string of the molecule is C=C(O)/C=C(/CO)C(=C)N=Nc1ccc(C)cc1. The molecule has 0 aliphatic carbocycles.